The second kappa shape index (κ2) is 8.49. The molecule has 1 fully saturated rings. The van der Waals surface area contributed by atoms with Gasteiger partial charge in [0.05, 0.1) is 12.9 Å². The van der Waals surface area contributed by atoms with Crippen LogP contribution in [0.5, 0.6) is 0 Å². The predicted octanol–water partition coefficient (Wildman–Crippen LogP) is 1.88. The van der Waals surface area contributed by atoms with E-state index in [1.54, 1.807) is 36.4 Å². The first kappa shape index (κ1) is 18.0. The Hall–Kier alpha value is -2.35. The largest absolute Gasteiger partial charge is 0.459 e. The predicted molar refractivity (Wildman–Crippen MR) is 91.6 cm³/mol. The van der Waals surface area contributed by atoms with Gasteiger partial charge in [0.1, 0.15) is 6.10 Å². The molecule has 2 aromatic rings. The number of rotatable bonds is 4. The molecule has 0 aliphatic carbocycles. The Balaban J connectivity index is 0.00000208. The first-order valence-corrected chi connectivity index (χ1v) is 7.30. The van der Waals surface area contributed by atoms with E-state index in [0.29, 0.717) is 24.5 Å². The molecule has 3 rings (SSSR count). The number of amides is 2. The van der Waals surface area contributed by atoms with E-state index < -0.39 is 6.10 Å². The molecular formula is C16H18ClN3O4. The molecule has 3 N–H and O–H groups in total. The summed E-state index contributed by atoms with van der Waals surface area (Å²) < 4.78 is 10.4. The van der Waals surface area contributed by atoms with Crippen LogP contribution in [0.15, 0.2) is 47.1 Å². The fourth-order valence-electron chi connectivity index (χ4n) is 2.19. The van der Waals surface area contributed by atoms with E-state index >= 15 is 0 Å². The molecule has 1 aliphatic rings. The maximum absolute atomic E-state index is 12.0. The Bertz CT molecular complexity index is 667. The smallest absolute Gasteiger partial charge is 0.291 e. The van der Waals surface area contributed by atoms with Gasteiger partial charge in [-0.2, -0.15) is 0 Å². The summed E-state index contributed by atoms with van der Waals surface area (Å²) in [6.07, 6.45) is 0.956. The summed E-state index contributed by atoms with van der Waals surface area (Å²) in [5, 5.41) is 8.60. The molecule has 2 amide bonds. The van der Waals surface area contributed by atoms with Gasteiger partial charge in [0.2, 0.25) is 0 Å². The van der Waals surface area contributed by atoms with Gasteiger partial charge < -0.3 is 25.1 Å². The highest BCUT2D eigenvalue weighted by Crippen LogP contribution is 2.15. The Labute approximate surface area is 145 Å². The molecule has 1 aliphatic heterocycles. The number of halogens is 1. The van der Waals surface area contributed by atoms with E-state index in [-0.39, 0.29) is 30.0 Å². The summed E-state index contributed by atoms with van der Waals surface area (Å²) in [6, 6.07) is 10.1. The van der Waals surface area contributed by atoms with Crippen LogP contribution in [-0.4, -0.2) is 37.6 Å². The minimum atomic E-state index is -0.484. The minimum Gasteiger partial charge on any atom is -0.459 e. The Morgan fingerprint density at radius 3 is 2.38 bits per heavy atom. The Kier molecular flexibility index (Phi) is 6.36. The van der Waals surface area contributed by atoms with Gasteiger partial charge in [-0.3, -0.25) is 9.59 Å². The summed E-state index contributed by atoms with van der Waals surface area (Å²) in [5.74, 6) is -0.276. The number of carbonyl (C=O) groups excluding carboxylic acids is 2. The van der Waals surface area contributed by atoms with Crippen LogP contribution in [0.2, 0.25) is 0 Å². The van der Waals surface area contributed by atoms with Crippen LogP contribution in [0.1, 0.15) is 10.6 Å². The molecule has 0 radical (unpaired) electrons. The number of anilines is 2. The lowest BCUT2D eigenvalue weighted by atomic mass is 10.2. The number of morpholine rings is 1. The zero-order valence-corrected chi connectivity index (χ0v) is 13.6. The second-order valence-electron chi connectivity index (χ2n) is 5.06. The van der Waals surface area contributed by atoms with Crippen molar-refractivity contribution in [2.75, 3.05) is 30.3 Å². The lowest BCUT2D eigenvalue weighted by Gasteiger charge is -2.22. The van der Waals surface area contributed by atoms with Crippen molar-refractivity contribution < 1.29 is 18.7 Å². The molecule has 128 valence electrons. The quantitative estimate of drug-likeness (QED) is 0.782. The number of hydrogen-bond donors (Lipinski definition) is 3. The first-order chi connectivity index (χ1) is 11.2. The van der Waals surface area contributed by atoms with Gasteiger partial charge in [0, 0.05) is 24.5 Å². The lowest BCUT2D eigenvalue weighted by Crippen LogP contribution is -2.45. The molecule has 24 heavy (non-hydrogen) atoms. The van der Waals surface area contributed by atoms with Gasteiger partial charge in [-0.1, -0.05) is 0 Å². The van der Waals surface area contributed by atoms with Crippen molar-refractivity contribution in [2.24, 2.45) is 0 Å². The van der Waals surface area contributed by atoms with E-state index in [1.807, 2.05) is 0 Å². The Morgan fingerprint density at radius 1 is 1.08 bits per heavy atom. The minimum absolute atomic E-state index is 0. The molecule has 1 unspecified atom stereocenters. The molecule has 0 bridgehead atoms. The van der Waals surface area contributed by atoms with E-state index in [4.69, 9.17) is 9.15 Å². The van der Waals surface area contributed by atoms with Gasteiger partial charge in [-0.05, 0) is 36.4 Å². The topological polar surface area (TPSA) is 92.6 Å². The zero-order chi connectivity index (χ0) is 16.1. The van der Waals surface area contributed by atoms with Crippen LogP contribution >= 0.6 is 12.4 Å². The summed E-state index contributed by atoms with van der Waals surface area (Å²) in [4.78, 5) is 23.9. The maximum atomic E-state index is 12.0. The standard InChI is InChI=1S/C16H17N3O4.ClH/c20-15(13-2-1-8-22-13)18-11-3-5-12(6-4-11)19-16(21)14-10-17-7-9-23-14;/h1-6,8,14,17H,7,9-10H2,(H,18,20)(H,19,21);1H. The Morgan fingerprint density at radius 2 is 1.79 bits per heavy atom. The summed E-state index contributed by atoms with van der Waals surface area (Å²) >= 11 is 0. The van der Waals surface area contributed by atoms with E-state index in [9.17, 15) is 9.59 Å². The van der Waals surface area contributed by atoms with Crippen LogP contribution in [0.4, 0.5) is 11.4 Å². The number of furan rings is 1. The van der Waals surface area contributed by atoms with Crippen LogP contribution in [0, 0.1) is 0 Å². The van der Waals surface area contributed by atoms with Gasteiger partial charge in [-0.25, -0.2) is 0 Å². The van der Waals surface area contributed by atoms with Gasteiger partial charge >= 0.3 is 0 Å². The highest BCUT2D eigenvalue weighted by atomic mass is 35.5. The highest BCUT2D eigenvalue weighted by molar-refractivity contribution is 6.02. The molecule has 8 heteroatoms. The normalized spacial score (nSPS) is 16.8. The number of hydrogen-bond acceptors (Lipinski definition) is 5. The molecule has 1 aromatic carbocycles. The molecular weight excluding hydrogens is 334 g/mol. The van der Waals surface area contributed by atoms with Gasteiger partial charge in [-0.15, -0.1) is 12.4 Å². The monoisotopic (exact) mass is 351 g/mol. The summed E-state index contributed by atoms with van der Waals surface area (Å²) in [6.45, 7) is 1.78. The SMILES string of the molecule is Cl.O=C(Nc1ccc(NC(=O)C2CNCCO2)cc1)c1ccco1. The third-order valence-corrected chi connectivity index (χ3v) is 3.38. The zero-order valence-electron chi connectivity index (χ0n) is 12.8. The van der Waals surface area contributed by atoms with Crippen LogP contribution in [0.25, 0.3) is 0 Å². The number of ether oxygens (including phenoxy) is 1. The maximum Gasteiger partial charge on any atom is 0.291 e. The van der Waals surface area contributed by atoms with Crippen molar-refractivity contribution >= 4 is 35.6 Å². The average Bonchev–Trinajstić information content (AvgIpc) is 3.12. The molecule has 7 nitrogen and oxygen atoms in total. The molecule has 0 saturated carbocycles. The van der Waals surface area contributed by atoms with E-state index in [2.05, 4.69) is 16.0 Å². The van der Waals surface area contributed by atoms with Crippen molar-refractivity contribution in [1.82, 2.24) is 5.32 Å². The van der Waals surface area contributed by atoms with Crippen molar-refractivity contribution in [2.45, 2.75) is 6.10 Å². The van der Waals surface area contributed by atoms with Crippen LogP contribution < -0.4 is 16.0 Å². The van der Waals surface area contributed by atoms with Crippen molar-refractivity contribution in [3.63, 3.8) is 0 Å². The number of benzene rings is 1. The lowest BCUT2D eigenvalue weighted by molar-refractivity contribution is -0.128. The number of carbonyl (C=O) groups is 2. The molecule has 1 aromatic heterocycles. The third-order valence-electron chi connectivity index (χ3n) is 3.38. The van der Waals surface area contributed by atoms with Gasteiger partial charge in [0.25, 0.3) is 11.8 Å². The summed E-state index contributed by atoms with van der Waals surface area (Å²) in [7, 11) is 0. The fraction of sp³-hybridized carbons (Fsp3) is 0.250. The second-order valence-corrected chi connectivity index (χ2v) is 5.06. The fourth-order valence-corrected chi connectivity index (χ4v) is 2.19. The third kappa shape index (κ3) is 4.58. The number of nitrogens with one attached hydrogen (secondary N) is 3. The van der Waals surface area contributed by atoms with E-state index in [0.717, 1.165) is 6.54 Å². The van der Waals surface area contributed by atoms with Crippen LogP contribution in [0.3, 0.4) is 0 Å². The van der Waals surface area contributed by atoms with E-state index in [1.165, 1.54) is 6.26 Å². The summed E-state index contributed by atoms with van der Waals surface area (Å²) in [5.41, 5.74) is 1.25. The van der Waals surface area contributed by atoms with Crippen molar-refractivity contribution in [1.29, 1.82) is 0 Å². The average molecular weight is 352 g/mol. The molecule has 1 atom stereocenters. The van der Waals surface area contributed by atoms with Gasteiger partial charge in [0.15, 0.2) is 5.76 Å². The molecule has 0 spiro atoms. The molecule has 2 heterocycles. The van der Waals surface area contributed by atoms with Crippen molar-refractivity contribution in [3.05, 3.63) is 48.4 Å². The first-order valence-electron chi connectivity index (χ1n) is 7.30. The highest BCUT2D eigenvalue weighted by Gasteiger charge is 2.21. The van der Waals surface area contributed by atoms with Crippen molar-refractivity contribution in [3.8, 4) is 0 Å². The molecule has 1 saturated heterocycles. The van der Waals surface area contributed by atoms with Crippen LogP contribution in [-0.2, 0) is 9.53 Å².